The zero-order valence-electron chi connectivity index (χ0n) is 8.99. The second-order valence-electron chi connectivity index (χ2n) is 2.58. The van der Waals surface area contributed by atoms with Crippen LogP contribution in [-0.2, 0) is 0 Å². The third kappa shape index (κ3) is 2.55. The number of aliphatic hydroxyl groups is 1. The van der Waals surface area contributed by atoms with Crippen LogP contribution in [0.3, 0.4) is 0 Å². The van der Waals surface area contributed by atoms with Crippen LogP contribution in [0.4, 0.5) is 8.78 Å². The summed E-state index contributed by atoms with van der Waals surface area (Å²) in [5.41, 5.74) is -0.619. The first-order chi connectivity index (χ1) is 7.46. The largest absolute Gasteiger partial charge is 0.388 e. The molecule has 0 spiro atoms. The maximum absolute atomic E-state index is 13.6. The van der Waals surface area contributed by atoms with E-state index in [0.29, 0.717) is 4.43 Å². The van der Waals surface area contributed by atoms with Gasteiger partial charge in [0, 0.05) is 4.43 Å². The summed E-state index contributed by atoms with van der Waals surface area (Å²) in [6.07, 6.45) is -2.08. The third-order valence-corrected chi connectivity index (χ3v) is 2.48. The summed E-state index contributed by atoms with van der Waals surface area (Å²) in [4.78, 5) is 0. The lowest BCUT2D eigenvalue weighted by molar-refractivity contribution is 0.166. The summed E-state index contributed by atoms with van der Waals surface area (Å²) >= 11 is 7.44. The molecule has 0 amide bonds. The Kier molecular flexibility index (Phi) is 3.47. The lowest BCUT2D eigenvalue weighted by Crippen LogP contribution is -2.05. The molecule has 78 valence electrons. The number of hydrogen-bond donors (Lipinski definition) is 1. The molecule has 1 nitrogen and oxygen atoms in total. The molecule has 14 heavy (non-hydrogen) atoms. The Labute approximate surface area is 102 Å². The van der Waals surface area contributed by atoms with Gasteiger partial charge in [-0.1, -0.05) is 34.2 Å². The van der Waals surface area contributed by atoms with Crippen LogP contribution in [0.1, 0.15) is 19.4 Å². The highest BCUT2D eigenvalue weighted by Gasteiger charge is 2.19. The summed E-state index contributed by atoms with van der Waals surface area (Å²) in [5.74, 6) is -1.98. The first-order valence-electron chi connectivity index (χ1n) is 4.71. The van der Waals surface area contributed by atoms with E-state index in [4.69, 9.17) is 14.4 Å². The lowest BCUT2D eigenvalue weighted by Gasteiger charge is -2.11. The fourth-order valence-electron chi connectivity index (χ4n) is 0.993. The van der Waals surface area contributed by atoms with Crippen LogP contribution in [0, 0.1) is 11.6 Å². The van der Waals surface area contributed by atoms with Gasteiger partial charge in [0.15, 0.2) is 5.82 Å². The molecule has 0 fully saturated rings. The highest BCUT2D eigenvalue weighted by molar-refractivity contribution is 14.1. The molecule has 0 aliphatic heterocycles. The van der Waals surface area contributed by atoms with Crippen LogP contribution < -0.4 is 0 Å². The molecule has 0 saturated carbocycles. The fraction of sp³-hybridized carbons (Fsp3) is 0.333. The van der Waals surface area contributed by atoms with Gasteiger partial charge in [-0.15, -0.1) is 0 Å². The molecule has 1 aromatic rings. The lowest BCUT2D eigenvalue weighted by atomic mass is 10.1. The number of halogens is 4. The predicted molar refractivity (Wildman–Crippen MR) is 59.8 cm³/mol. The first-order valence-corrected chi connectivity index (χ1v) is 5.71. The molecule has 0 bridgehead atoms. The first kappa shape index (κ1) is 9.30. The van der Waals surface area contributed by atoms with Gasteiger partial charge in [-0.2, -0.15) is 0 Å². The van der Waals surface area contributed by atoms with E-state index in [-0.39, 0.29) is 11.4 Å². The van der Waals surface area contributed by atoms with Crippen molar-refractivity contribution in [2.45, 2.75) is 12.5 Å². The maximum atomic E-state index is 13.6. The summed E-state index contributed by atoms with van der Waals surface area (Å²) in [6.45, 7) is 0. The molecular formula is C9H8ClF2IO. The predicted octanol–water partition coefficient (Wildman–Crippen LogP) is 3.48. The SMILES string of the molecule is [2H]OC([2H])(CCI)c1c(F)ccc(Cl)c1F. The van der Waals surface area contributed by atoms with E-state index in [0.717, 1.165) is 12.1 Å². The van der Waals surface area contributed by atoms with Gasteiger partial charge >= 0.3 is 0 Å². The van der Waals surface area contributed by atoms with Crippen molar-refractivity contribution < 1.29 is 15.3 Å². The Hall–Kier alpha value is 0.0600. The van der Waals surface area contributed by atoms with Crippen molar-refractivity contribution in [3.05, 3.63) is 34.4 Å². The average Bonchev–Trinajstić information content (AvgIpc) is 2.24. The van der Waals surface area contributed by atoms with Crippen LogP contribution in [0.15, 0.2) is 12.1 Å². The number of hydrogen-bond acceptors (Lipinski definition) is 1. The summed E-state index contributed by atoms with van der Waals surface area (Å²) in [7, 11) is 0. The van der Waals surface area contributed by atoms with Crippen molar-refractivity contribution in [2.75, 3.05) is 4.43 Å². The Bertz CT molecular complexity index is 394. The Morgan fingerprint density at radius 2 is 2.36 bits per heavy atom. The molecule has 0 aliphatic rings. The molecule has 0 aliphatic carbocycles. The van der Waals surface area contributed by atoms with Crippen molar-refractivity contribution in [1.29, 1.82) is 1.43 Å². The van der Waals surface area contributed by atoms with Gasteiger partial charge in [-0.3, -0.25) is 0 Å². The molecule has 1 N–H and O–H groups in total. The molecule has 1 atom stereocenters. The van der Waals surface area contributed by atoms with Crippen LogP contribution in [0.5, 0.6) is 0 Å². The average molecular weight is 335 g/mol. The minimum atomic E-state index is -2.07. The molecule has 5 heteroatoms. The fourth-order valence-corrected chi connectivity index (χ4v) is 1.64. The molecule has 0 heterocycles. The van der Waals surface area contributed by atoms with Gasteiger partial charge < -0.3 is 5.11 Å². The van der Waals surface area contributed by atoms with E-state index in [9.17, 15) is 8.78 Å². The number of benzene rings is 1. The van der Waals surface area contributed by atoms with Crippen LogP contribution in [-0.4, -0.2) is 11.0 Å². The third-order valence-electron chi connectivity index (χ3n) is 1.64. The van der Waals surface area contributed by atoms with E-state index in [2.05, 4.69) is 5.11 Å². The van der Waals surface area contributed by atoms with E-state index in [1.54, 1.807) is 0 Å². The number of rotatable bonds is 4. The van der Waals surface area contributed by atoms with Gasteiger partial charge in [0.05, 0.1) is 18.0 Å². The highest BCUT2D eigenvalue weighted by Crippen LogP contribution is 2.28. The molecule has 1 unspecified atom stereocenters. The second kappa shape index (κ2) is 5.23. The maximum Gasteiger partial charge on any atom is 0.211 e. The minimum absolute atomic E-state index is 0.00869. The van der Waals surface area contributed by atoms with Crippen LogP contribution in [0.25, 0.3) is 0 Å². The number of alkyl halides is 1. The van der Waals surface area contributed by atoms with Crippen molar-refractivity contribution >= 4 is 34.2 Å². The summed E-state index contributed by atoms with van der Waals surface area (Å²) in [6, 6.07) is 2.01. The smallest absolute Gasteiger partial charge is 0.211 e. The quantitative estimate of drug-likeness (QED) is 0.508. The molecule has 1 aromatic carbocycles. The highest BCUT2D eigenvalue weighted by atomic mass is 127. The standard InChI is InChI=1S/C9H8ClF2IO/c10-5-1-2-6(11)8(9(5)12)7(14)3-4-13/h1-2,7,14H,3-4H2/i7D,14D. The van der Waals surface area contributed by atoms with E-state index >= 15 is 0 Å². The molecular weight excluding hydrogens is 324 g/mol. The van der Waals surface area contributed by atoms with Crippen molar-refractivity contribution in [1.82, 2.24) is 0 Å². The summed E-state index contributed by atoms with van der Waals surface area (Å²) < 4.78 is 42.0. The summed E-state index contributed by atoms with van der Waals surface area (Å²) in [5, 5.41) is 3.86. The zero-order valence-corrected chi connectivity index (χ0v) is 9.90. The molecule has 1 rings (SSSR count). The minimum Gasteiger partial charge on any atom is -0.388 e. The van der Waals surface area contributed by atoms with Gasteiger partial charge in [-0.25, -0.2) is 8.78 Å². The van der Waals surface area contributed by atoms with Gasteiger partial charge in [0.1, 0.15) is 5.82 Å². The topological polar surface area (TPSA) is 20.2 Å². The van der Waals surface area contributed by atoms with Gasteiger partial charge in [-0.05, 0) is 18.6 Å². The Balaban J connectivity index is 3.34. The molecule has 0 saturated heterocycles. The van der Waals surface area contributed by atoms with Crippen LogP contribution >= 0.6 is 34.2 Å². The molecule has 0 aromatic heterocycles. The Morgan fingerprint density at radius 1 is 1.64 bits per heavy atom. The van der Waals surface area contributed by atoms with Crippen molar-refractivity contribution in [3.8, 4) is 0 Å². The van der Waals surface area contributed by atoms with Gasteiger partial charge in [0.2, 0.25) is 1.43 Å². The molecule has 0 radical (unpaired) electrons. The second-order valence-corrected chi connectivity index (χ2v) is 4.07. The van der Waals surface area contributed by atoms with Gasteiger partial charge in [0.25, 0.3) is 0 Å². The van der Waals surface area contributed by atoms with Crippen LogP contribution in [0.2, 0.25) is 5.02 Å². The van der Waals surface area contributed by atoms with Crippen molar-refractivity contribution in [3.63, 3.8) is 0 Å². The Morgan fingerprint density at radius 3 is 2.93 bits per heavy atom. The van der Waals surface area contributed by atoms with E-state index in [1.165, 1.54) is 0 Å². The monoisotopic (exact) mass is 334 g/mol. The van der Waals surface area contributed by atoms with Crippen molar-refractivity contribution in [2.24, 2.45) is 0 Å². The zero-order chi connectivity index (χ0) is 12.3. The van der Waals surface area contributed by atoms with E-state index in [1.807, 2.05) is 22.6 Å². The normalized spacial score (nSPS) is 17.1. The van der Waals surface area contributed by atoms with E-state index < -0.39 is 23.3 Å².